The van der Waals surface area contributed by atoms with Gasteiger partial charge in [0.15, 0.2) is 0 Å². The van der Waals surface area contributed by atoms with Gasteiger partial charge in [0.1, 0.15) is 4.88 Å². The Morgan fingerprint density at radius 1 is 1.28 bits per heavy atom. The molecule has 2 aromatic heterocycles. The molecule has 25 heavy (non-hydrogen) atoms. The maximum Gasteiger partial charge on any atom is 0.267 e. The van der Waals surface area contributed by atoms with Crippen LogP contribution < -0.4 is 5.32 Å². The number of thiazole rings is 1. The van der Waals surface area contributed by atoms with Crippen molar-refractivity contribution in [2.45, 2.75) is 27.0 Å². The fourth-order valence-corrected chi connectivity index (χ4v) is 3.22. The largest absolute Gasteiger partial charge is 0.375 e. The number of ether oxygens (including phenoxy) is 1. The molecule has 2 heterocycles. The number of anilines is 1. The zero-order chi connectivity index (χ0) is 17.6. The van der Waals surface area contributed by atoms with Gasteiger partial charge >= 0.3 is 0 Å². The van der Waals surface area contributed by atoms with E-state index in [-0.39, 0.29) is 5.91 Å². The highest BCUT2D eigenvalue weighted by atomic mass is 32.1. The first kappa shape index (κ1) is 17.3. The number of aryl methyl sites for hydroxylation is 2. The van der Waals surface area contributed by atoms with Crippen LogP contribution in [0.3, 0.4) is 0 Å². The van der Waals surface area contributed by atoms with Crippen molar-refractivity contribution in [2.24, 2.45) is 0 Å². The van der Waals surface area contributed by atoms with Crippen molar-refractivity contribution in [1.82, 2.24) is 14.8 Å². The maximum atomic E-state index is 12.3. The summed E-state index contributed by atoms with van der Waals surface area (Å²) in [4.78, 5) is 17.2. The molecule has 0 bridgehead atoms. The average molecular weight is 356 g/mol. The molecule has 130 valence electrons. The number of hydrogen-bond acceptors (Lipinski definition) is 5. The Morgan fingerprint density at radius 2 is 2.08 bits per heavy atom. The van der Waals surface area contributed by atoms with Crippen LogP contribution in [0, 0.1) is 13.8 Å². The minimum atomic E-state index is -0.150. The lowest BCUT2D eigenvalue weighted by Gasteiger charge is -2.04. The van der Waals surface area contributed by atoms with Crippen LogP contribution in [0.2, 0.25) is 0 Å². The number of benzene rings is 1. The van der Waals surface area contributed by atoms with E-state index in [9.17, 15) is 4.79 Å². The quantitative estimate of drug-likeness (QED) is 0.659. The highest BCUT2D eigenvalue weighted by Crippen LogP contribution is 2.18. The van der Waals surface area contributed by atoms with Gasteiger partial charge in [-0.25, -0.2) is 4.98 Å². The van der Waals surface area contributed by atoms with Crippen molar-refractivity contribution in [1.29, 1.82) is 0 Å². The van der Waals surface area contributed by atoms with E-state index in [4.69, 9.17) is 4.74 Å². The second-order valence-electron chi connectivity index (χ2n) is 5.63. The number of nitrogens with zero attached hydrogens (tertiary/aromatic N) is 3. The predicted molar refractivity (Wildman–Crippen MR) is 97.9 cm³/mol. The van der Waals surface area contributed by atoms with E-state index < -0.39 is 0 Å². The fourth-order valence-electron chi connectivity index (χ4n) is 2.40. The minimum Gasteiger partial charge on any atom is -0.375 e. The first-order valence-electron chi connectivity index (χ1n) is 8.01. The summed E-state index contributed by atoms with van der Waals surface area (Å²) in [5, 5.41) is 7.98. The topological polar surface area (TPSA) is 69.0 Å². The number of hydrogen-bond donors (Lipinski definition) is 1. The molecule has 1 N–H and O–H groups in total. The van der Waals surface area contributed by atoms with Crippen molar-refractivity contribution in [2.75, 3.05) is 11.9 Å². The fraction of sp³-hybridized carbons (Fsp3) is 0.278. The highest BCUT2D eigenvalue weighted by molar-refractivity contribution is 7.13. The lowest BCUT2D eigenvalue weighted by Crippen LogP contribution is -2.11. The zero-order valence-corrected chi connectivity index (χ0v) is 15.0. The summed E-state index contributed by atoms with van der Waals surface area (Å²) < 4.78 is 7.40. The molecule has 0 spiro atoms. The average Bonchev–Trinajstić information content (AvgIpc) is 3.18. The normalized spacial score (nSPS) is 10.8. The maximum absolute atomic E-state index is 12.3. The molecule has 3 rings (SSSR count). The van der Waals surface area contributed by atoms with Crippen LogP contribution in [0.4, 0.5) is 5.69 Å². The van der Waals surface area contributed by atoms with E-state index in [1.807, 2.05) is 44.2 Å². The Hall–Kier alpha value is -2.51. The first-order chi connectivity index (χ1) is 12.1. The number of carbonyl (C=O) groups is 1. The number of rotatable bonds is 7. The van der Waals surface area contributed by atoms with Crippen LogP contribution in [-0.4, -0.2) is 27.3 Å². The SMILES string of the molecule is Cc1nc(C)c(C(=O)Nc2cnn(CCOCc3ccccc3)c2)s1. The molecule has 0 aliphatic heterocycles. The van der Waals surface area contributed by atoms with Crippen molar-refractivity contribution in [3.05, 3.63) is 63.9 Å². The lowest BCUT2D eigenvalue weighted by molar-refractivity contribution is 0.103. The number of nitrogens with one attached hydrogen (secondary N) is 1. The van der Waals surface area contributed by atoms with Gasteiger partial charge in [0, 0.05) is 6.20 Å². The van der Waals surface area contributed by atoms with E-state index in [1.165, 1.54) is 11.3 Å². The molecule has 3 aromatic rings. The van der Waals surface area contributed by atoms with E-state index >= 15 is 0 Å². The molecule has 0 aliphatic carbocycles. The molecular weight excluding hydrogens is 336 g/mol. The van der Waals surface area contributed by atoms with E-state index in [1.54, 1.807) is 17.1 Å². The van der Waals surface area contributed by atoms with Gasteiger partial charge in [0.25, 0.3) is 5.91 Å². The second kappa shape index (κ2) is 8.04. The van der Waals surface area contributed by atoms with Crippen molar-refractivity contribution < 1.29 is 9.53 Å². The smallest absolute Gasteiger partial charge is 0.267 e. The van der Waals surface area contributed by atoms with Crippen LogP contribution in [0.25, 0.3) is 0 Å². The summed E-state index contributed by atoms with van der Waals surface area (Å²) in [7, 11) is 0. The Kier molecular flexibility index (Phi) is 5.57. The van der Waals surface area contributed by atoms with Crippen LogP contribution in [-0.2, 0) is 17.9 Å². The van der Waals surface area contributed by atoms with Gasteiger partial charge in [-0.1, -0.05) is 30.3 Å². The van der Waals surface area contributed by atoms with Gasteiger partial charge in [0.2, 0.25) is 0 Å². The van der Waals surface area contributed by atoms with Crippen LogP contribution >= 0.6 is 11.3 Å². The molecule has 7 heteroatoms. The van der Waals surface area contributed by atoms with Crippen LogP contribution in [0.5, 0.6) is 0 Å². The molecule has 0 radical (unpaired) electrons. The monoisotopic (exact) mass is 356 g/mol. The van der Waals surface area contributed by atoms with Crippen molar-refractivity contribution >= 4 is 22.9 Å². The molecule has 0 aliphatic rings. The zero-order valence-electron chi connectivity index (χ0n) is 14.2. The third-order valence-corrected chi connectivity index (χ3v) is 4.65. The molecule has 6 nitrogen and oxygen atoms in total. The summed E-state index contributed by atoms with van der Waals surface area (Å²) >= 11 is 1.39. The van der Waals surface area contributed by atoms with Gasteiger partial charge in [0.05, 0.1) is 42.3 Å². The summed E-state index contributed by atoms with van der Waals surface area (Å²) in [6, 6.07) is 10.0. The van der Waals surface area contributed by atoms with Crippen molar-refractivity contribution in [3.8, 4) is 0 Å². The van der Waals surface area contributed by atoms with Gasteiger partial charge in [-0.3, -0.25) is 9.48 Å². The predicted octanol–water partition coefficient (Wildman–Crippen LogP) is 3.43. The van der Waals surface area contributed by atoms with E-state index in [0.717, 1.165) is 16.3 Å². The Bertz CT molecular complexity index is 842. The number of aromatic nitrogens is 3. The summed E-state index contributed by atoms with van der Waals surface area (Å²) in [5.74, 6) is -0.150. The summed E-state index contributed by atoms with van der Waals surface area (Å²) in [6.07, 6.45) is 3.44. The van der Waals surface area contributed by atoms with Crippen LogP contribution in [0.1, 0.15) is 25.9 Å². The third-order valence-electron chi connectivity index (χ3n) is 3.58. The molecule has 0 unspecified atom stereocenters. The van der Waals surface area contributed by atoms with Crippen LogP contribution in [0.15, 0.2) is 42.7 Å². The molecule has 1 aromatic carbocycles. The van der Waals surface area contributed by atoms with Gasteiger partial charge in [-0.15, -0.1) is 11.3 Å². The van der Waals surface area contributed by atoms with Gasteiger partial charge < -0.3 is 10.1 Å². The summed E-state index contributed by atoms with van der Waals surface area (Å²) in [6.45, 7) is 5.49. The first-order valence-corrected chi connectivity index (χ1v) is 8.83. The molecule has 0 saturated heterocycles. The Morgan fingerprint density at radius 3 is 2.80 bits per heavy atom. The number of amides is 1. The van der Waals surface area contributed by atoms with Gasteiger partial charge in [-0.05, 0) is 19.4 Å². The Labute approximate surface area is 150 Å². The molecule has 0 atom stereocenters. The van der Waals surface area contributed by atoms with Gasteiger partial charge in [-0.2, -0.15) is 5.10 Å². The Balaban J connectivity index is 1.47. The molecule has 1 amide bonds. The molecule has 0 saturated carbocycles. The molecule has 0 fully saturated rings. The lowest BCUT2D eigenvalue weighted by atomic mass is 10.2. The second-order valence-corrected chi connectivity index (χ2v) is 6.84. The number of carbonyl (C=O) groups excluding carboxylic acids is 1. The minimum absolute atomic E-state index is 0.150. The van der Waals surface area contributed by atoms with E-state index in [0.29, 0.717) is 30.3 Å². The standard InChI is InChI=1S/C18H20N4O2S/c1-13-17(25-14(2)20-13)18(23)21-16-10-19-22(11-16)8-9-24-12-15-6-4-3-5-7-15/h3-7,10-11H,8-9,12H2,1-2H3,(H,21,23). The summed E-state index contributed by atoms with van der Waals surface area (Å²) in [5.41, 5.74) is 2.56. The van der Waals surface area contributed by atoms with E-state index in [2.05, 4.69) is 15.4 Å². The van der Waals surface area contributed by atoms with Crippen molar-refractivity contribution in [3.63, 3.8) is 0 Å². The third kappa shape index (κ3) is 4.74. The highest BCUT2D eigenvalue weighted by Gasteiger charge is 2.14. The molecular formula is C18H20N4O2S.